The number of hydrogen-bond acceptors (Lipinski definition) is 4. The molecule has 2 aliphatic rings. The van der Waals surface area contributed by atoms with Crippen molar-refractivity contribution in [1.29, 1.82) is 0 Å². The minimum absolute atomic E-state index is 0.0643. The highest BCUT2D eigenvalue weighted by molar-refractivity contribution is 5.88. The number of amides is 1. The van der Waals surface area contributed by atoms with Gasteiger partial charge in [-0.3, -0.25) is 9.59 Å². The van der Waals surface area contributed by atoms with E-state index in [0.29, 0.717) is 41.5 Å². The van der Waals surface area contributed by atoms with Crippen molar-refractivity contribution >= 4 is 16.7 Å². The maximum atomic E-state index is 14.4. The number of benzene rings is 2. The Morgan fingerprint density at radius 1 is 1.17 bits per heavy atom. The highest BCUT2D eigenvalue weighted by Crippen LogP contribution is 2.51. The number of nitrogens with one attached hydrogen (secondary N) is 1. The van der Waals surface area contributed by atoms with Gasteiger partial charge >= 0.3 is 0 Å². The number of aromatic amines is 1. The first-order chi connectivity index (χ1) is 14.5. The molecule has 0 spiro atoms. The van der Waals surface area contributed by atoms with E-state index in [2.05, 4.69) is 10.2 Å². The van der Waals surface area contributed by atoms with E-state index in [4.69, 9.17) is 0 Å². The number of carbonyl (C=O) groups excluding carboxylic acids is 1. The lowest BCUT2D eigenvalue weighted by Gasteiger charge is -2.31. The van der Waals surface area contributed by atoms with Crippen molar-refractivity contribution in [1.82, 2.24) is 15.1 Å². The molecule has 2 N–H and O–H groups in total. The number of rotatable bonds is 3. The number of halogens is 1. The minimum Gasteiger partial charge on any atom is -0.385 e. The molecule has 1 aliphatic carbocycles. The summed E-state index contributed by atoms with van der Waals surface area (Å²) in [6.45, 7) is 0.928. The van der Waals surface area contributed by atoms with Crippen molar-refractivity contribution in [2.75, 3.05) is 13.1 Å². The number of likely N-dealkylation sites (tertiary alicyclic amines) is 1. The Kier molecular flexibility index (Phi) is 4.43. The van der Waals surface area contributed by atoms with Gasteiger partial charge in [0, 0.05) is 30.0 Å². The van der Waals surface area contributed by atoms with E-state index in [-0.39, 0.29) is 29.7 Å². The average Bonchev–Trinajstić information content (AvgIpc) is 3.32. The van der Waals surface area contributed by atoms with Gasteiger partial charge in [-0.15, -0.1) is 0 Å². The number of aliphatic hydroxyl groups is 1. The normalized spacial score (nSPS) is 25.6. The van der Waals surface area contributed by atoms with Gasteiger partial charge in [0.05, 0.1) is 23.1 Å². The van der Waals surface area contributed by atoms with Gasteiger partial charge in [-0.25, -0.2) is 9.49 Å². The number of hydrogen-bond donors (Lipinski definition) is 2. The number of H-pyrrole nitrogens is 1. The molecular formula is C23H22FN3O3. The molecular weight excluding hydrogens is 385 g/mol. The quantitative estimate of drug-likeness (QED) is 0.698. The molecule has 2 heterocycles. The zero-order chi connectivity index (χ0) is 20.9. The summed E-state index contributed by atoms with van der Waals surface area (Å²) in [6, 6.07) is 13.4. The predicted octanol–water partition coefficient (Wildman–Crippen LogP) is 2.36. The number of carbonyl (C=O) groups is 1. The SMILES string of the molecule is O=C(Cc1n[nH]c(=O)c2ccccc12)N1C[C@H]2CC[C@](O)(c3ccccc3F)[C@H]2C1. The first kappa shape index (κ1) is 18.9. The van der Waals surface area contributed by atoms with Crippen LogP contribution in [0.2, 0.25) is 0 Å². The van der Waals surface area contributed by atoms with Crippen molar-refractivity contribution in [2.45, 2.75) is 24.9 Å². The van der Waals surface area contributed by atoms with E-state index in [0.717, 1.165) is 6.42 Å². The Morgan fingerprint density at radius 3 is 2.70 bits per heavy atom. The molecule has 5 rings (SSSR count). The number of nitrogens with zero attached hydrogens (tertiary/aromatic N) is 2. The van der Waals surface area contributed by atoms with Crippen LogP contribution in [0.15, 0.2) is 53.3 Å². The van der Waals surface area contributed by atoms with Gasteiger partial charge in [-0.2, -0.15) is 5.10 Å². The van der Waals surface area contributed by atoms with E-state index < -0.39 is 11.4 Å². The Bertz CT molecular complexity index is 1190. The summed E-state index contributed by atoms with van der Waals surface area (Å²) in [7, 11) is 0. The maximum Gasteiger partial charge on any atom is 0.272 e. The smallest absolute Gasteiger partial charge is 0.272 e. The van der Waals surface area contributed by atoms with Gasteiger partial charge in [-0.05, 0) is 30.9 Å². The van der Waals surface area contributed by atoms with Gasteiger partial charge < -0.3 is 10.0 Å². The number of aromatic nitrogens is 2. The topological polar surface area (TPSA) is 86.3 Å². The third-order valence-corrected chi connectivity index (χ3v) is 6.74. The van der Waals surface area contributed by atoms with Crippen LogP contribution >= 0.6 is 0 Å². The van der Waals surface area contributed by atoms with E-state index in [1.165, 1.54) is 6.07 Å². The first-order valence-corrected chi connectivity index (χ1v) is 10.2. The fraction of sp³-hybridized carbons (Fsp3) is 0.348. The molecule has 1 saturated heterocycles. The van der Waals surface area contributed by atoms with Crippen molar-refractivity contribution in [2.24, 2.45) is 11.8 Å². The monoisotopic (exact) mass is 407 g/mol. The Labute approximate surface area is 172 Å². The van der Waals surface area contributed by atoms with E-state index in [1.54, 1.807) is 41.3 Å². The Morgan fingerprint density at radius 2 is 1.90 bits per heavy atom. The van der Waals surface area contributed by atoms with Gasteiger partial charge in [0.15, 0.2) is 0 Å². The van der Waals surface area contributed by atoms with Crippen LogP contribution < -0.4 is 5.56 Å². The molecule has 2 aromatic carbocycles. The summed E-state index contributed by atoms with van der Waals surface area (Å²) in [4.78, 5) is 26.7. The van der Waals surface area contributed by atoms with Crippen LogP contribution in [0, 0.1) is 17.7 Å². The molecule has 7 heteroatoms. The fourth-order valence-corrected chi connectivity index (χ4v) is 5.21. The molecule has 30 heavy (non-hydrogen) atoms. The van der Waals surface area contributed by atoms with Gasteiger partial charge in [0.25, 0.3) is 5.56 Å². The highest BCUT2D eigenvalue weighted by Gasteiger charge is 2.53. The predicted molar refractivity (Wildman–Crippen MR) is 109 cm³/mol. The molecule has 0 radical (unpaired) electrons. The summed E-state index contributed by atoms with van der Waals surface area (Å²) < 4.78 is 14.4. The molecule has 0 bridgehead atoms. The van der Waals surface area contributed by atoms with Crippen LogP contribution in [0.5, 0.6) is 0 Å². The molecule has 3 atom stereocenters. The molecule has 1 amide bonds. The maximum absolute atomic E-state index is 14.4. The van der Waals surface area contributed by atoms with Crippen LogP contribution in [-0.4, -0.2) is 39.2 Å². The molecule has 1 aromatic heterocycles. The van der Waals surface area contributed by atoms with Gasteiger partial charge in [-0.1, -0.05) is 36.4 Å². The molecule has 1 aliphatic heterocycles. The molecule has 3 aromatic rings. The van der Waals surface area contributed by atoms with Crippen molar-refractivity contribution in [3.63, 3.8) is 0 Å². The van der Waals surface area contributed by atoms with Crippen molar-refractivity contribution in [3.8, 4) is 0 Å². The standard InChI is InChI=1S/C23H22FN3O3/c24-19-8-4-3-7-17(19)23(30)10-9-14-12-27(13-18(14)23)21(28)11-20-15-5-1-2-6-16(15)22(29)26-25-20/h1-8,14,18,30H,9-13H2,(H,26,29)/t14-,18+,23+/m1/s1. The molecule has 6 nitrogen and oxygen atoms in total. The second-order valence-corrected chi connectivity index (χ2v) is 8.33. The summed E-state index contributed by atoms with van der Waals surface area (Å²) in [5.41, 5.74) is -0.697. The summed E-state index contributed by atoms with van der Waals surface area (Å²) in [6.07, 6.45) is 1.31. The largest absolute Gasteiger partial charge is 0.385 e. The minimum atomic E-state index is -1.26. The van der Waals surface area contributed by atoms with E-state index >= 15 is 0 Å². The van der Waals surface area contributed by atoms with Gasteiger partial charge in [0.2, 0.25) is 5.91 Å². The lowest BCUT2D eigenvalue weighted by atomic mass is 9.82. The second-order valence-electron chi connectivity index (χ2n) is 8.33. The van der Waals surface area contributed by atoms with Crippen LogP contribution in [-0.2, 0) is 16.8 Å². The van der Waals surface area contributed by atoms with Crippen molar-refractivity contribution < 1.29 is 14.3 Å². The molecule has 0 unspecified atom stereocenters. The van der Waals surface area contributed by atoms with Crippen LogP contribution in [0.1, 0.15) is 24.1 Å². The molecule has 154 valence electrons. The van der Waals surface area contributed by atoms with Crippen LogP contribution in [0.3, 0.4) is 0 Å². The zero-order valence-electron chi connectivity index (χ0n) is 16.3. The summed E-state index contributed by atoms with van der Waals surface area (Å²) >= 11 is 0. The summed E-state index contributed by atoms with van der Waals surface area (Å²) in [5, 5.41) is 19.1. The first-order valence-electron chi connectivity index (χ1n) is 10.2. The second kappa shape index (κ2) is 7.02. The molecule has 1 saturated carbocycles. The average molecular weight is 407 g/mol. The Hall–Kier alpha value is -3.06. The lowest BCUT2D eigenvalue weighted by molar-refractivity contribution is -0.130. The van der Waals surface area contributed by atoms with Gasteiger partial charge in [0.1, 0.15) is 5.82 Å². The Balaban J connectivity index is 1.38. The lowest BCUT2D eigenvalue weighted by Crippen LogP contribution is -2.37. The van der Waals surface area contributed by atoms with Crippen LogP contribution in [0.25, 0.3) is 10.8 Å². The fourth-order valence-electron chi connectivity index (χ4n) is 5.21. The van der Waals surface area contributed by atoms with Crippen LogP contribution in [0.4, 0.5) is 4.39 Å². The molecule has 2 fully saturated rings. The highest BCUT2D eigenvalue weighted by atomic mass is 19.1. The summed E-state index contributed by atoms with van der Waals surface area (Å²) in [5.74, 6) is -0.572. The van der Waals surface area contributed by atoms with Crippen molar-refractivity contribution in [3.05, 3.63) is 76.0 Å². The van der Waals surface area contributed by atoms with E-state index in [1.807, 2.05) is 6.07 Å². The number of fused-ring (bicyclic) bond motifs is 2. The van der Waals surface area contributed by atoms with E-state index in [9.17, 15) is 19.1 Å². The zero-order valence-corrected chi connectivity index (χ0v) is 16.3. The third kappa shape index (κ3) is 2.92. The third-order valence-electron chi connectivity index (χ3n) is 6.74.